The molecule has 0 saturated carbocycles. The normalized spacial score (nSPS) is 17.1. The molecule has 0 atom stereocenters. The van der Waals surface area contributed by atoms with E-state index in [-0.39, 0.29) is 18.1 Å². The molecule has 0 aromatic heterocycles. The van der Waals surface area contributed by atoms with E-state index >= 15 is 0 Å². The van der Waals surface area contributed by atoms with E-state index in [1.807, 2.05) is 24.3 Å². The van der Waals surface area contributed by atoms with E-state index in [4.69, 9.17) is 18.9 Å². The van der Waals surface area contributed by atoms with Gasteiger partial charge in [-0.2, -0.15) is 0 Å². The third-order valence-corrected chi connectivity index (χ3v) is 6.10. The first kappa shape index (κ1) is 21.7. The standard InChI is InChI=1S/C25H27NO6/c1-29-18-7-4-17(5-8-18)6-9-23(28)26-12-10-25(11-13-26)16-20(27)24-21(31-3)14-19(30-2)15-22(24)32-25/h4-9,14-15H,10-13,16H2,1-3H3/b9-6+. The van der Waals surface area contributed by atoms with E-state index < -0.39 is 5.60 Å². The molecular weight excluding hydrogens is 410 g/mol. The molecule has 1 spiro atoms. The van der Waals surface area contributed by atoms with E-state index in [9.17, 15) is 9.59 Å². The van der Waals surface area contributed by atoms with Gasteiger partial charge >= 0.3 is 0 Å². The van der Waals surface area contributed by atoms with Crippen molar-refractivity contribution in [2.45, 2.75) is 24.9 Å². The second-order valence-electron chi connectivity index (χ2n) is 8.02. The number of hydrogen-bond acceptors (Lipinski definition) is 6. The van der Waals surface area contributed by atoms with Gasteiger partial charge in [0.15, 0.2) is 5.78 Å². The minimum atomic E-state index is -0.613. The summed E-state index contributed by atoms with van der Waals surface area (Å²) in [5.74, 6) is 2.22. The smallest absolute Gasteiger partial charge is 0.246 e. The Kier molecular flexibility index (Phi) is 6.08. The zero-order valence-electron chi connectivity index (χ0n) is 18.6. The highest BCUT2D eigenvalue weighted by Crippen LogP contribution is 2.44. The molecule has 0 N–H and O–H groups in total. The lowest BCUT2D eigenvalue weighted by Crippen LogP contribution is -2.52. The number of fused-ring (bicyclic) bond motifs is 1. The molecule has 1 saturated heterocycles. The molecule has 32 heavy (non-hydrogen) atoms. The summed E-state index contributed by atoms with van der Waals surface area (Å²) in [4.78, 5) is 27.4. The third-order valence-electron chi connectivity index (χ3n) is 6.10. The SMILES string of the molecule is COc1ccc(/C=C/C(=O)N2CCC3(CC2)CC(=O)c2c(OC)cc(OC)cc2O3)cc1. The van der Waals surface area contributed by atoms with E-state index in [1.165, 1.54) is 7.11 Å². The fraction of sp³-hybridized carbons (Fsp3) is 0.360. The Morgan fingerprint density at radius 3 is 2.31 bits per heavy atom. The summed E-state index contributed by atoms with van der Waals surface area (Å²) in [5, 5.41) is 0. The van der Waals surface area contributed by atoms with Crippen molar-refractivity contribution in [3.63, 3.8) is 0 Å². The maximum atomic E-state index is 13.0. The number of nitrogens with zero attached hydrogens (tertiary/aromatic N) is 1. The van der Waals surface area contributed by atoms with Gasteiger partial charge in [-0.05, 0) is 23.8 Å². The predicted octanol–water partition coefficient (Wildman–Crippen LogP) is 3.75. The summed E-state index contributed by atoms with van der Waals surface area (Å²) < 4.78 is 22.2. The van der Waals surface area contributed by atoms with Crippen LogP contribution < -0.4 is 18.9 Å². The number of ether oxygens (including phenoxy) is 4. The Hall–Kier alpha value is -3.48. The average Bonchev–Trinajstić information content (AvgIpc) is 2.82. The number of carbonyl (C=O) groups is 2. The first-order valence-corrected chi connectivity index (χ1v) is 10.6. The Morgan fingerprint density at radius 2 is 1.69 bits per heavy atom. The van der Waals surface area contributed by atoms with Crippen molar-refractivity contribution in [2.75, 3.05) is 34.4 Å². The van der Waals surface area contributed by atoms with Crippen LogP contribution in [0.25, 0.3) is 6.08 Å². The number of rotatable bonds is 5. The van der Waals surface area contributed by atoms with Gasteiger partial charge in [-0.3, -0.25) is 9.59 Å². The van der Waals surface area contributed by atoms with E-state index in [1.54, 1.807) is 43.4 Å². The van der Waals surface area contributed by atoms with Gasteiger partial charge in [0, 0.05) is 44.1 Å². The zero-order valence-corrected chi connectivity index (χ0v) is 18.6. The number of ketones is 1. The van der Waals surface area contributed by atoms with E-state index in [0.29, 0.717) is 48.7 Å². The molecule has 2 aromatic rings. The maximum Gasteiger partial charge on any atom is 0.246 e. The summed E-state index contributed by atoms with van der Waals surface area (Å²) in [5.41, 5.74) is 0.769. The van der Waals surface area contributed by atoms with Crippen LogP contribution in [-0.4, -0.2) is 56.6 Å². The Bertz CT molecular complexity index is 1040. The molecule has 2 aromatic carbocycles. The Balaban J connectivity index is 1.43. The van der Waals surface area contributed by atoms with Crippen LogP contribution in [0.15, 0.2) is 42.5 Å². The summed E-state index contributed by atoms with van der Waals surface area (Å²) in [6, 6.07) is 10.9. The molecule has 2 heterocycles. The highest BCUT2D eigenvalue weighted by atomic mass is 16.5. The van der Waals surface area contributed by atoms with Crippen LogP contribution in [0.4, 0.5) is 0 Å². The van der Waals surface area contributed by atoms with E-state index in [0.717, 1.165) is 11.3 Å². The predicted molar refractivity (Wildman–Crippen MR) is 120 cm³/mol. The first-order chi connectivity index (χ1) is 15.5. The van der Waals surface area contributed by atoms with Crippen LogP contribution in [-0.2, 0) is 4.79 Å². The van der Waals surface area contributed by atoms with Crippen molar-refractivity contribution in [1.29, 1.82) is 0 Å². The molecule has 7 nitrogen and oxygen atoms in total. The Labute approximate surface area is 187 Å². The number of benzene rings is 2. The highest BCUT2D eigenvalue weighted by Gasteiger charge is 2.44. The summed E-state index contributed by atoms with van der Waals surface area (Å²) >= 11 is 0. The van der Waals surface area contributed by atoms with Gasteiger partial charge in [-0.15, -0.1) is 0 Å². The second-order valence-corrected chi connectivity index (χ2v) is 8.02. The van der Waals surface area contributed by atoms with Gasteiger partial charge in [0.25, 0.3) is 0 Å². The molecule has 0 unspecified atom stereocenters. The van der Waals surface area contributed by atoms with Crippen molar-refractivity contribution in [1.82, 2.24) is 4.90 Å². The number of methoxy groups -OCH3 is 3. The molecule has 0 radical (unpaired) electrons. The lowest BCUT2D eigenvalue weighted by Gasteiger charge is -2.44. The molecule has 0 aliphatic carbocycles. The van der Waals surface area contributed by atoms with Gasteiger partial charge in [-0.25, -0.2) is 0 Å². The van der Waals surface area contributed by atoms with Gasteiger partial charge < -0.3 is 23.8 Å². The number of Topliss-reactive ketones (excluding diaryl/α,β-unsaturated/α-hetero) is 1. The van der Waals surface area contributed by atoms with Crippen molar-refractivity contribution in [3.05, 3.63) is 53.6 Å². The summed E-state index contributed by atoms with van der Waals surface area (Å²) in [7, 11) is 4.70. The molecule has 7 heteroatoms. The fourth-order valence-electron chi connectivity index (χ4n) is 4.25. The van der Waals surface area contributed by atoms with Crippen LogP contribution in [0.2, 0.25) is 0 Å². The third kappa shape index (κ3) is 4.28. The number of carbonyl (C=O) groups excluding carboxylic acids is 2. The molecule has 0 bridgehead atoms. The number of hydrogen-bond donors (Lipinski definition) is 0. The van der Waals surface area contributed by atoms with Crippen molar-refractivity contribution < 1.29 is 28.5 Å². The van der Waals surface area contributed by atoms with Crippen LogP contribution in [0.5, 0.6) is 23.0 Å². The number of likely N-dealkylation sites (tertiary alicyclic amines) is 1. The molecule has 1 amide bonds. The molecule has 168 valence electrons. The number of piperidine rings is 1. The zero-order chi connectivity index (χ0) is 22.7. The molecule has 4 rings (SSSR count). The van der Waals surface area contributed by atoms with Gasteiger partial charge in [-0.1, -0.05) is 12.1 Å². The van der Waals surface area contributed by atoms with Crippen LogP contribution in [0.3, 0.4) is 0 Å². The Morgan fingerprint density at radius 1 is 1.00 bits per heavy atom. The topological polar surface area (TPSA) is 74.3 Å². The summed E-state index contributed by atoms with van der Waals surface area (Å²) in [6.07, 6.45) is 4.81. The molecule has 2 aliphatic heterocycles. The largest absolute Gasteiger partial charge is 0.497 e. The van der Waals surface area contributed by atoms with Crippen molar-refractivity contribution in [2.24, 2.45) is 0 Å². The van der Waals surface area contributed by atoms with Gasteiger partial charge in [0.1, 0.15) is 34.2 Å². The van der Waals surface area contributed by atoms with Crippen molar-refractivity contribution >= 4 is 17.8 Å². The van der Waals surface area contributed by atoms with Crippen LogP contribution in [0, 0.1) is 0 Å². The maximum absolute atomic E-state index is 13.0. The van der Waals surface area contributed by atoms with Gasteiger partial charge in [0.2, 0.25) is 5.91 Å². The average molecular weight is 437 g/mol. The van der Waals surface area contributed by atoms with Crippen LogP contribution in [0.1, 0.15) is 35.2 Å². The lowest BCUT2D eigenvalue weighted by molar-refractivity contribution is -0.129. The monoisotopic (exact) mass is 437 g/mol. The summed E-state index contributed by atoms with van der Waals surface area (Å²) in [6.45, 7) is 1.05. The molecule has 2 aliphatic rings. The number of amides is 1. The van der Waals surface area contributed by atoms with E-state index in [2.05, 4.69) is 0 Å². The highest BCUT2D eigenvalue weighted by molar-refractivity contribution is 6.03. The first-order valence-electron chi connectivity index (χ1n) is 10.6. The van der Waals surface area contributed by atoms with Crippen LogP contribution >= 0.6 is 0 Å². The molecule has 1 fully saturated rings. The molecular formula is C25H27NO6. The minimum Gasteiger partial charge on any atom is -0.497 e. The fourth-order valence-corrected chi connectivity index (χ4v) is 4.25. The van der Waals surface area contributed by atoms with Gasteiger partial charge in [0.05, 0.1) is 27.8 Å². The van der Waals surface area contributed by atoms with Crippen molar-refractivity contribution in [3.8, 4) is 23.0 Å². The minimum absolute atomic E-state index is 0.00932. The lowest BCUT2D eigenvalue weighted by atomic mass is 9.82. The second kappa shape index (κ2) is 8.94. The quantitative estimate of drug-likeness (QED) is 0.664.